The Kier molecular flexibility index (Phi) is 5.60. The third-order valence-electron chi connectivity index (χ3n) is 4.63. The number of benzene rings is 2. The van der Waals surface area contributed by atoms with E-state index in [1.54, 1.807) is 31.3 Å². The first-order chi connectivity index (χ1) is 13.8. The minimum Gasteiger partial charge on any atom is -0.478 e. The molecule has 0 unspecified atom stereocenters. The van der Waals surface area contributed by atoms with Crippen molar-refractivity contribution in [1.29, 1.82) is 0 Å². The second kappa shape index (κ2) is 8.11. The normalized spacial score (nSPS) is 13.4. The van der Waals surface area contributed by atoms with E-state index in [1.807, 2.05) is 0 Å². The van der Waals surface area contributed by atoms with Gasteiger partial charge in [-0.3, -0.25) is 19.2 Å². The summed E-state index contributed by atoms with van der Waals surface area (Å²) in [6.07, 6.45) is 0. The summed E-state index contributed by atoms with van der Waals surface area (Å²) in [5.74, 6) is -1.42. The molecule has 0 aromatic heterocycles. The van der Waals surface area contributed by atoms with E-state index in [0.29, 0.717) is 29.8 Å². The lowest BCUT2D eigenvalue weighted by Crippen LogP contribution is -2.25. The summed E-state index contributed by atoms with van der Waals surface area (Å²) in [5, 5.41) is 15.1. The van der Waals surface area contributed by atoms with Gasteiger partial charge < -0.3 is 15.7 Å². The summed E-state index contributed by atoms with van der Waals surface area (Å²) in [5.41, 5.74) is 3.54. The molecular formula is C20H19N3O6. The average Bonchev–Trinajstić information content (AvgIpc) is 3.29. The van der Waals surface area contributed by atoms with Gasteiger partial charge in [-0.2, -0.15) is 0 Å². The number of carbonyl (C=O) groups is 4. The van der Waals surface area contributed by atoms with Gasteiger partial charge in [-0.1, -0.05) is 0 Å². The van der Waals surface area contributed by atoms with Crippen molar-refractivity contribution >= 4 is 23.7 Å². The van der Waals surface area contributed by atoms with Crippen molar-refractivity contribution in [3.8, 4) is 0 Å². The van der Waals surface area contributed by atoms with Gasteiger partial charge in [0.25, 0.3) is 17.7 Å². The van der Waals surface area contributed by atoms with E-state index in [1.165, 1.54) is 19.2 Å². The molecule has 2 aliphatic heterocycles. The van der Waals surface area contributed by atoms with Crippen LogP contribution in [-0.2, 0) is 17.9 Å². The minimum absolute atomic E-state index is 0.0888. The fourth-order valence-electron chi connectivity index (χ4n) is 3.00. The number of carboxylic acids is 1. The molecule has 0 atom stereocenters. The highest BCUT2D eigenvalue weighted by molar-refractivity contribution is 6.01. The van der Waals surface area contributed by atoms with Crippen LogP contribution < -0.4 is 10.6 Å². The van der Waals surface area contributed by atoms with Crippen LogP contribution in [0.5, 0.6) is 0 Å². The van der Waals surface area contributed by atoms with Crippen LogP contribution in [0.4, 0.5) is 0 Å². The fourth-order valence-corrected chi connectivity index (χ4v) is 3.00. The van der Waals surface area contributed by atoms with E-state index >= 15 is 0 Å². The van der Waals surface area contributed by atoms with E-state index in [9.17, 15) is 19.2 Å². The minimum atomic E-state index is -0.970. The molecule has 150 valence electrons. The Morgan fingerprint density at radius 1 is 0.931 bits per heavy atom. The van der Waals surface area contributed by atoms with Crippen LogP contribution >= 0.6 is 0 Å². The molecule has 0 fully saturated rings. The zero-order valence-electron chi connectivity index (χ0n) is 15.8. The maximum absolute atomic E-state index is 11.8. The van der Waals surface area contributed by atoms with Crippen molar-refractivity contribution in [2.24, 2.45) is 0 Å². The molecule has 2 aliphatic rings. The summed E-state index contributed by atoms with van der Waals surface area (Å²) in [6.45, 7) is 0.904. The van der Waals surface area contributed by atoms with Crippen LogP contribution in [-0.4, -0.2) is 48.0 Å². The van der Waals surface area contributed by atoms with Crippen LogP contribution in [0.3, 0.4) is 0 Å². The SMILES string of the molecule is CON(C)C(=O)c1ccc2c(c1)CNC2=O.O=C(O)c1ccc2c(c1)CNC2=O. The van der Waals surface area contributed by atoms with Gasteiger partial charge in [-0.05, 0) is 47.5 Å². The lowest BCUT2D eigenvalue weighted by molar-refractivity contribution is -0.0757. The molecule has 0 bridgehead atoms. The van der Waals surface area contributed by atoms with Crippen molar-refractivity contribution in [1.82, 2.24) is 15.7 Å². The lowest BCUT2D eigenvalue weighted by Gasteiger charge is -2.13. The van der Waals surface area contributed by atoms with Crippen LogP contribution in [0, 0.1) is 0 Å². The first-order valence-corrected chi connectivity index (χ1v) is 8.69. The maximum Gasteiger partial charge on any atom is 0.335 e. The Hall–Kier alpha value is -3.72. The summed E-state index contributed by atoms with van der Waals surface area (Å²) < 4.78 is 0. The van der Waals surface area contributed by atoms with E-state index in [0.717, 1.165) is 16.2 Å². The topological polar surface area (TPSA) is 125 Å². The number of rotatable bonds is 3. The number of nitrogens with zero attached hydrogens (tertiary/aromatic N) is 1. The third kappa shape index (κ3) is 4.09. The second-order valence-electron chi connectivity index (χ2n) is 6.40. The largest absolute Gasteiger partial charge is 0.478 e. The summed E-state index contributed by atoms with van der Waals surface area (Å²) in [6, 6.07) is 9.50. The van der Waals surface area contributed by atoms with Crippen molar-refractivity contribution in [3.63, 3.8) is 0 Å². The summed E-state index contributed by atoms with van der Waals surface area (Å²) >= 11 is 0. The average molecular weight is 397 g/mol. The molecule has 3 amide bonds. The maximum atomic E-state index is 11.8. The molecule has 9 nitrogen and oxygen atoms in total. The molecule has 9 heteroatoms. The number of carboxylic acid groups (broad SMARTS) is 1. The van der Waals surface area contributed by atoms with Gasteiger partial charge in [0.1, 0.15) is 0 Å². The van der Waals surface area contributed by atoms with Crippen LogP contribution in [0.15, 0.2) is 36.4 Å². The number of hydroxylamine groups is 2. The highest BCUT2D eigenvalue weighted by Gasteiger charge is 2.21. The van der Waals surface area contributed by atoms with Crippen molar-refractivity contribution in [3.05, 3.63) is 69.8 Å². The molecule has 0 saturated carbocycles. The Labute approximate surface area is 166 Å². The number of hydrogen-bond donors (Lipinski definition) is 3. The van der Waals surface area contributed by atoms with E-state index < -0.39 is 5.97 Å². The predicted octanol–water partition coefficient (Wildman–Crippen LogP) is 1.19. The highest BCUT2D eigenvalue weighted by Crippen LogP contribution is 2.18. The molecule has 2 aromatic carbocycles. The van der Waals surface area contributed by atoms with Crippen molar-refractivity contribution in [2.45, 2.75) is 13.1 Å². The molecule has 0 spiro atoms. The number of aromatic carboxylic acids is 1. The summed E-state index contributed by atoms with van der Waals surface area (Å²) in [4.78, 5) is 49.5. The van der Waals surface area contributed by atoms with Crippen LogP contribution in [0.1, 0.15) is 52.6 Å². The molecule has 0 aliphatic carbocycles. The molecule has 3 N–H and O–H groups in total. The van der Waals surface area contributed by atoms with Crippen LogP contribution in [0.2, 0.25) is 0 Å². The monoisotopic (exact) mass is 397 g/mol. The first kappa shape index (κ1) is 20.0. The Bertz CT molecular complexity index is 1020. The molecule has 2 heterocycles. The number of hydrogen-bond acceptors (Lipinski definition) is 5. The Balaban J connectivity index is 0.000000169. The molecule has 0 saturated heterocycles. The zero-order chi connectivity index (χ0) is 21.1. The smallest absolute Gasteiger partial charge is 0.335 e. The van der Waals surface area contributed by atoms with E-state index in [4.69, 9.17) is 9.94 Å². The van der Waals surface area contributed by atoms with E-state index in [2.05, 4.69) is 10.6 Å². The molecule has 4 rings (SSSR count). The third-order valence-corrected chi connectivity index (χ3v) is 4.63. The van der Waals surface area contributed by atoms with Gasteiger partial charge >= 0.3 is 5.97 Å². The lowest BCUT2D eigenvalue weighted by atomic mass is 10.1. The quantitative estimate of drug-likeness (QED) is 0.668. The Morgan fingerprint density at radius 2 is 1.41 bits per heavy atom. The van der Waals surface area contributed by atoms with Gasteiger partial charge in [0.15, 0.2) is 0 Å². The van der Waals surface area contributed by atoms with Crippen molar-refractivity contribution in [2.75, 3.05) is 14.2 Å². The fraction of sp³-hybridized carbons (Fsp3) is 0.200. The molecule has 0 radical (unpaired) electrons. The van der Waals surface area contributed by atoms with Crippen LogP contribution in [0.25, 0.3) is 0 Å². The number of amides is 3. The van der Waals surface area contributed by atoms with Gasteiger partial charge in [0, 0.05) is 36.8 Å². The Morgan fingerprint density at radius 3 is 1.90 bits per heavy atom. The number of carbonyl (C=O) groups excluding carboxylic acids is 3. The van der Waals surface area contributed by atoms with Gasteiger partial charge in [-0.25, -0.2) is 9.86 Å². The van der Waals surface area contributed by atoms with Gasteiger partial charge in [0.05, 0.1) is 12.7 Å². The van der Waals surface area contributed by atoms with Crippen molar-refractivity contribution < 1.29 is 29.1 Å². The number of nitrogens with one attached hydrogen (secondary N) is 2. The summed E-state index contributed by atoms with van der Waals surface area (Å²) in [7, 11) is 2.97. The molecular weight excluding hydrogens is 378 g/mol. The first-order valence-electron chi connectivity index (χ1n) is 8.69. The molecule has 2 aromatic rings. The number of fused-ring (bicyclic) bond motifs is 2. The predicted molar refractivity (Wildman–Crippen MR) is 101 cm³/mol. The highest BCUT2D eigenvalue weighted by atomic mass is 16.7. The second-order valence-corrected chi connectivity index (χ2v) is 6.40. The van der Waals surface area contributed by atoms with E-state index in [-0.39, 0.29) is 23.3 Å². The molecule has 29 heavy (non-hydrogen) atoms. The van der Waals surface area contributed by atoms with Gasteiger partial charge in [0.2, 0.25) is 0 Å². The zero-order valence-corrected chi connectivity index (χ0v) is 15.8. The van der Waals surface area contributed by atoms with Gasteiger partial charge in [-0.15, -0.1) is 0 Å². The standard InChI is InChI=1S/C11H12N2O3.C9H7NO3/c1-13(16-2)11(15)7-3-4-9-8(5-7)6-12-10(9)14;11-8-7-2-1-5(9(12)13)3-6(7)4-10-8/h3-5H,6H2,1-2H3,(H,12,14);1-3H,4H2,(H,10,11)(H,12,13).